The highest BCUT2D eigenvalue weighted by Crippen LogP contribution is 2.35. The number of rotatable bonds is 3. The van der Waals surface area contributed by atoms with Gasteiger partial charge in [-0.2, -0.15) is 13.2 Å². The molecular weight excluding hydrogens is 307 g/mol. The van der Waals surface area contributed by atoms with Crippen molar-refractivity contribution in [2.24, 2.45) is 0 Å². The molecule has 98 valence electrons. The number of nitrogens with one attached hydrogen (secondary N) is 1. The maximum Gasteiger partial charge on any atom is 0.445 e. The summed E-state index contributed by atoms with van der Waals surface area (Å²) in [5.74, 6) is 0. The third-order valence-corrected chi connectivity index (χ3v) is 4.34. The number of hydrogen-bond acceptors (Lipinski definition) is 5. The quantitative estimate of drug-likeness (QED) is 0.910. The highest BCUT2D eigenvalue weighted by molar-refractivity contribution is 7.16. The first-order valence-electron chi connectivity index (χ1n) is 4.79. The fraction of sp³-hybridized carbons (Fsp3) is 0.333. The van der Waals surface area contributed by atoms with E-state index < -0.39 is 11.2 Å². The summed E-state index contributed by atoms with van der Waals surface area (Å²) in [4.78, 5) is 0.920. The van der Waals surface area contributed by atoms with Gasteiger partial charge < -0.3 is 5.32 Å². The number of halogens is 4. The molecule has 3 nitrogen and oxygen atoms in total. The van der Waals surface area contributed by atoms with Gasteiger partial charge in [-0.3, -0.25) is 0 Å². The van der Waals surface area contributed by atoms with Crippen LogP contribution in [-0.4, -0.2) is 10.2 Å². The molecule has 0 aliphatic carbocycles. The van der Waals surface area contributed by atoms with Crippen LogP contribution in [0.2, 0.25) is 4.34 Å². The van der Waals surface area contributed by atoms with E-state index in [1.165, 1.54) is 11.3 Å². The topological polar surface area (TPSA) is 37.8 Å². The summed E-state index contributed by atoms with van der Waals surface area (Å²) in [5.41, 5.74) is 0. The van der Waals surface area contributed by atoms with E-state index >= 15 is 0 Å². The summed E-state index contributed by atoms with van der Waals surface area (Å²) in [6.45, 7) is 1.82. The van der Waals surface area contributed by atoms with Crippen LogP contribution in [0.4, 0.5) is 18.3 Å². The minimum absolute atomic E-state index is 0.138. The van der Waals surface area contributed by atoms with Crippen LogP contribution < -0.4 is 5.32 Å². The number of hydrogen-bond donors (Lipinski definition) is 1. The molecule has 0 aromatic carbocycles. The molecule has 0 bridgehead atoms. The summed E-state index contributed by atoms with van der Waals surface area (Å²) < 4.78 is 37.6. The molecule has 2 rings (SSSR count). The van der Waals surface area contributed by atoms with Crippen molar-refractivity contribution in [3.05, 3.63) is 26.4 Å². The van der Waals surface area contributed by atoms with Crippen LogP contribution in [0.25, 0.3) is 0 Å². The van der Waals surface area contributed by atoms with Gasteiger partial charge in [-0.15, -0.1) is 21.5 Å². The summed E-state index contributed by atoms with van der Waals surface area (Å²) in [6, 6.07) is 3.38. The molecular formula is C9H7ClF3N3S2. The van der Waals surface area contributed by atoms with Gasteiger partial charge in [0.15, 0.2) is 0 Å². The zero-order chi connectivity index (χ0) is 13.3. The molecule has 0 radical (unpaired) electrons. The lowest BCUT2D eigenvalue weighted by atomic mass is 10.3. The maximum absolute atomic E-state index is 12.3. The van der Waals surface area contributed by atoms with E-state index in [9.17, 15) is 13.2 Å². The number of nitrogens with zero attached hydrogens (tertiary/aromatic N) is 2. The Morgan fingerprint density at radius 3 is 2.50 bits per heavy atom. The van der Waals surface area contributed by atoms with Crippen LogP contribution in [0, 0.1) is 0 Å². The molecule has 0 aliphatic rings. The van der Waals surface area contributed by atoms with E-state index in [1.54, 1.807) is 6.07 Å². The predicted molar refractivity (Wildman–Crippen MR) is 66.3 cm³/mol. The monoisotopic (exact) mass is 313 g/mol. The fourth-order valence-corrected chi connectivity index (χ4v) is 2.97. The number of aromatic nitrogens is 2. The lowest BCUT2D eigenvalue weighted by Crippen LogP contribution is -2.04. The molecule has 0 saturated carbocycles. The van der Waals surface area contributed by atoms with E-state index in [1.807, 2.05) is 13.0 Å². The van der Waals surface area contributed by atoms with Gasteiger partial charge in [0, 0.05) is 4.88 Å². The molecule has 0 fully saturated rings. The molecule has 0 spiro atoms. The van der Waals surface area contributed by atoms with Crippen molar-refractivity contribution in [3.8, 4) is 0 Å². The Labute approximate surface area is 114 Å². The van der Waals surface area contributed by atoms with Gasteiger partial charge in [0.1, 0.15) is 0 Å². The largest absolute Gasteiger partial charge is 0.445 e. The summed E-state index contributed by atoms with van der Waals surface area (Å²) in [6.07, 6.45) is -4.45. The van der Waals surface area contributed by atoms with Gasteiger partial charge in [0.05, 0.1) is 10.4 Å². The Kier molecular flexibility index (Phi) is 3.79. The van der Waals surface area contributed by atoms with Gasteiger partial charge in [0.2, 0.25) is 10.1 Å². The first kappa shape index (κ1) is 13.6. The van der Waals surface area contributed by atoms with E-state index in [4.69, 9.17) is 11.6 Å². The van der Waals surface area contributed by atoms with Gasteiger partial charge in [-0.05, 0) is 19.1 Å². The Morgan fingerprint density at radius 1 is 1.28 bits per heavy atom. The number of anilines is 1. The van der Waals surface area contributed by atoms with E-state index in [0.29, 0.717) is 15.7 Å². The molecule has 1 N–H and O–H groups in total. The first-order valence-corrected chi connectivity index (χ1v) is 6.80. The Bertz CT molecular complexity index is 537. The molecule has 0 amide bonds. The normalized spacial score (nSPS) is 13.6. The summed E-state index contributed by atoms with van der Waals surface area (Å²) >= 11 is 7.64. The van der Waals surface area contributed by atoms with Crippen LogP contribution in [0.1, 0.15) is 22.9 Å². The second-order valence-electron chi connectivity index (χ2n) is 3.42. The number of alkyl halides is 3. The maximum atomic E-state index is 12.3. The first-order chi connectivity index (χ1) is 8.36. The highest BCUT2D eigenvalue weighted by Gasteiger charge is 2.35. The van der Waals surface area contributed by atoms with Crippen molar-refractivity contribution < 1.29 is 13.2 Å². The van der Waals surface area contributed by atoms with Crippen LogP contribution >= 0.6 is 34.3 Å². The molecule has 2 aromatic rings. The van der Waals surface area contributed by atoms with Crippen molar-refractivity contribution >= 4 is 39.4 Å². The molecule has 1 unspecified atom stereocenters. The molecule has 18 heavy (non-hydrogen) atoms. The highest BCUT2D eigenvalue weighted by atomic mass is 35.5. The summed E-state index contributed by atoms with van der Waals surface area (Å²) in [5, 5.41) is 8.60. The molecule has 2 heterocycles. The average Bonchev–Trinajstić information content (AvgIpc) is 2.85. The van der Waals surface area contributed by atoms with Crippen LogP contribution in [0.5, 0.6) is 0 Å². The Balaban J connectivity index is 2.08. The lowest BCUT2D eigenvalue weighted by Gasteiger charge is -2.09. The second-order valence-corrected chi connectivity index (χ2v) is 6.14. The van der Waals surface area contributed by atoms with Crippen molar-refractivity contribution in [1.29, 1.82) is 0 Å². The van der Waals surface area contributed by atoms with Gasteiger partial charge >= 0.3 is 6.18 Å². The molecule has 9 heteroatoms. The van der Waals surface area contributed by atoms with Crippen molar-refractivity contribution in [3.63, 3.8) is 0 Å². The SMILES string of the molecule is CC(Nc1nnc(C(F)(F)F)s1)c1ccc(Cl)s1. The van der Waals surface area contributed by atoms with E-state index in [0.717, 1.165) is 4.88 Å². The Morgan fingerprint density at radius 2 is 2.00 bits per heavy atom. The van der Waals surface area contributed by atoms with E-state index in [2.05, 4.69) is 15.5 Å². The van der Waals surface area contributed by atoms with E-state index in [-0.39, 0.29) is 11.2 Å². The molecule has 0 aliphatic heterocycles. The van der Waals surface area contributed by atoms with Crippen molar-refractivity contribution in [2.75, 3.05) is 5.32 Å². The third-order valence-electron chi connectivity index (χ3n) is 2.03. The lowest BCUT2D eigenvalue weighted by molar-refractivity contribution is -0.138. The predicted octanol–water partition coefficient (Wildman–Crippen LogP) is 4.44. The van der Waals surface area contributed by atoms with Crippen molar-refractivity contribution in [1.82, 2.24) is 10.2 Å². The van der Waals surface area contributed by atoms with Crippen LogP contribution in [0.3, 0.4) is 0 Å². The number of thiophene rings is 1. The van der Waals surface area contributed by atoms with Gasteiger partial charge in [0.25, 0.3) is 0 Å². The third kappa shape index (κ3) is 3.12. The zero-order valence-corrected chi connectivity index (χ0v) is 11.3. The molecule has 2 aromatic heterocycles. The molecule has 0 saturated heterocycles. The van der Waals surface area contributed by atoms with Gasteiger partial charge in [-0.1, -0.05) is 22.9 Å². The average molecular weight is 314 g/mol. The van der Waals surface area contributed by atoms with Crippen molar-refractivity contribution in [2.45, 2.75) is 19.1 Å². The zero-order valence-electron chi connectivity index (χ0n) is 8.95. The van der Waals surface area contributed by atoms with Crippen LogP contribution in [0.15, 0.2) is 12.1 Å². The Hall–Kier alpha value is -0.860. The summed E-state index contributed by atoms with van der Waals surface area (Å²) in [7, 11) is 0. The standard InChI is InChI=1S/C9H7ClF3N3S2/c1-4(5-2-3-6(10)17-5)14-8-16-15-7(18-8)9(11,12)13/h2-4H,1H3,(H,14,16). The van der Waals surface area contributed by atoms with Gasteiger partial charge in [-0.25, -0.2) is 0 Å². The smallest absolute Gasteiger partial charge is 0.353 e. The molecule has 1 atom stereocenters. The minimum Gasteiger partial charge on any atom is -0.353 e. The van der Waals surface area contributed by atoms with Crippen LogP contribution in [-0.2, 0) is 6.18 Å². The minimum atomic E-state index is -4.45. The second kappa shape index (κ2) is 5.02. The fourth-order valence-electron chi connectivity index (χ4n) is 1.21.